The normalized spacial score (nSPS) is 14.7. The van der Waals surface area contributed by atoms with Gasteiger partial charge in [0.05, 0.1) is 33.4 Å². The quantitative estimate of drug-likeness (QED) is 0.237. The molecule has 36 heavy (non-hydrogen) atoms. The average Bonchev–Trinajstić information content (AvgIpc) is 3.34. The number of carbonyl (C=O) groups excluding carboxylic acids is 1. The van der Waals surface area contributed by atoms with Crippen LogP contribution in [0, 0.1) is 0 Å². The van der Waals surface area contributed by atoms with Gasteiger partial charge in [-0.25, -0.2) is 0 Å². The van der Waals surface area contributed by atoms with Crippen LogP contribution in [0.4, 0.5) is 5.69 Å². The van der Waals surface area contributed by atoms with Crippen LogP contribution in [0.25, 0.3) is 16.5 Å². The Hall–Kier alpha value is -2.00. The lowest BCUT2D eigenvalue weighted by atomic mass is 10.0. The second-order valence-corrected chi connectivity index (χ2v) is 11.4. The molecule has 0 spiro atoms. The highest BCUT2D eigenvalue weighted by molar-refractivity contribution is 7.16. The van der Waals surface area contributed by atoms with Crippen LogP contribution in [0.5, 0.6) is 0 Å². The largest absolute Gasteiger partial charge is 1.00 e. The van der Waals surface area contributed by atoms with E-state index in [4.69, 9.17) is 4.74 Å². The zero-order valence-electron chi connectivity index (χ0n) is 21.7. The molecule has 1 aliphatic heterocycles. The molecule has 4 nitrogen and oxygen atoms in total. The third kappa shape index (κ3) is 7.75. The molecule has 1 fully saturated rings. The fourth-order valence-corrected chi connectivity index (χ4v) is 5.56. The van der Waals surface area contributed by atoms with E-state index < -0.39 is 0 Å². The highest BCUT2D eigenvalue weighted by Crippen LogP contribution is 2.30. The van der Waals surface area contributed by atoms with Gasteiger partial charge in [-0.3, -0.25) is 4.79 Å². The van der Waals surface area contributed by atoms with Crippen LogP contribution >= 0.6 is 11.3 Å². The van der Waals surface area contributed by atoms with Crippen molar-refractivity contribution in [2.75, 3.05) is 32.6 Å². The number of halogens is 1. The summed E-state index contributed by atoms with van der Waals surface area (Å²) >= 11 is 1.69. The number of thiophene rings is 1. The maximum absolute atomic E-state index is 12.5. The van der Waals surface area contributed by atoms with Crippen molar-refractivity contribution in [3.8, 4) is 10.4 Å². The molecule has 1 amide bonds. The molecule has 3 aromatic rings. The first-order valence-electron chi connectivity index (χ1n) is 12.5. The molecule has 0 aliphatic carbocycles. The second-order valence-electron chi connectivity index (χ2n) is 10.3. The maximum atomic E-state index is 12.5. The van der Waals surface area contributed by atoms with E-state index in [1.54, 1.807) is 17.4 Å². The predicted molar refractivity (Wildman–Crippen MR) is 148 cm³/mol. The Morgan fingerprint density at radius 3 is 2.33 bits per heavy atom. The van der Waals surface area contributed by atoms with Gasteiger partial charge in [-0.15, -0.1) is 11.3 Å². The van der Waals surface area contributed by atoms with Crippen molar-refractivity contribution >= 4 is 29.0 Å². The molecule has 1 saturated heterocycles. The lowest BCUT2D eigenvalue weighted by Crippen LogP contribution is -3.00. The first-order valence-corrected chi connectivity index (χ1v) is 13.3. The van der Waals surface area contributed by atoms with Crippen molar-refractivity contribution in [1.29, 1.82) is 0 Å². The second kappa shape index (κ2) is 13.0. The molecule has 1 aromatic heterocycles. The zero-order valence-corrected chi connectivity index (χ0v) is 24.6. The summed E-state index contributed by atoms with van der Waals surface area (Å²) in [4.78, 5) is 14.7. The minimum Gasteiger partial charge on any atom is -1.00 e. The van der Waals surface area contributed by atoms with E-state index >= 15 is 0 Å². The summed E-state index contributed by atoms with van der Waals surface area (Å²) in [5.74, 6) is 0.413. The van der Waals surface area contributed by atoms with Gasteiger partial charge in [0.1, 0.15) is 6.54 Å². The summed E-state index contributed by atoms with van der Waals surface area (Å²) in [6, 6.07) is 21.8. The molecule has 1 aliphatic rings. The molecule has 0 atom stereocenters. The summed E-state index contributed by atoms with van der Waals surface area (Å²) in [6.45, 7) is 7.11. The van der Waals surface area contributed by atoms with E-state index in [0.29, 0.717) is 12.0 Å². The highest BCUT2D eigenvalue weighted by atomic mass is 127. The van der Waals surface area contributed by atoms with Crippen molar-refractivity contribution < 1.29 is 38.0 Å². The molecule has 192 valence electrons. The average molecular weight is 617 g/mol. The third-order valence-electron chi connectivity index (χ3n) is 6.88. The van der Waals surface area contributed by atoms with Gasteiger partial charge in [0.15, 0.2) is 0 Å². The Morgan fingerprint density at radius 2 is 1.69 bits per heavy atom. The predicted octanol–water partition coefficient (Wildman–Crippen LogP) is 3.95. The molecule has 0 saturated carbocycles. The number of nitrogens with zero attached hydrogens (tertiary/aromatic N) is 1. The van der Waals surface area contributed by atoms with Gasteiger partial charge in [-0.05, 0) is 47.4 Å². The van der Waals surface area contributed by atoms with Crippen molar-refractivity contribution in [2.45, 2.75) is 45.2 Å². The molecule has 1 N–H and O–H groups in total. The number of benzene rings is 2. The minimum atomic E-state index is -0.118. The smallest absolute Gasteiger partial charge is 0.248 e. The molecular formula is C30H37IN2O2S. The van der Waals surface area contributed by atoms with E-state index in [9.17, 15) is 4.79 Å². The van der Waals surface area contributed by atoms with Crippen LogP contribution < -0.4 is 29.3 Å². The molecule has 0 unspecified atom stereocenters. The standard InChI is InChI=1S/C30H36N2O2S.HI/c1-22(2)24-7-9-25(10-8-24)29-15-13-28(35-29)14-16-30(33)31-26-11-5-23(6-12-26)21-32(3,4)27-17-19-34-20-18-27;/h5-16,22,27H,17-21H2,1-4H3;1H/b16-14+;. The summed E-state index contributed by atoms with van der Waals surface area (Å²) < 4.78 is 6.48. The van der Waals surface area contributed by atoms with Gasteiger partial charge in [-0.1, -0.05) is 50.2 Å². The number of ether oxygens (including phenoxy) is 1. The Bertz CT molecular complexity index is 1140. The summed E-state index contributed by atoms with van der Waals surface area (Å²) in [5, 5.41) is 2.98. The van der Waals surface area contributed by atoms with Gasteiger partial charge >= 0.3 is 0 Å². The van der Waals surface area contributed by atoms with E-state index in [1.165, 1.54) is 21.6 Å². The van der Waals surface area contributed by atoms with E-state index in [2.05, 4.69) is 81.8 Å². The van der Waals surface area contributed by atoms with Crippen LogP contribution in [-0.2, 0) is 16.1 Å². The Balaban J connectivity index is 0.00000361. The first kappa shape index (κ1) is 28.6. The van der Waals surface area contributed by atoms with Crippen molar-refractivity contribution in [3.63, 3.8) is 0 Å². The SMILES string of the molecule is CC(C)c1ccc(-c2ccc(/C=C/C(=O)Nc3ccc(C[N+](C)(C)C4CCOCC4)cc3)s2)cc1.[I-]. The van der Waals surface area contributed by atoms with Gasteiger partial charge in [0, 0.05) is 39.9 Å². The molecule has 4 rings (SSSR count). The number of hydrogen-bond donors (Lipinski definition) is 1. The van der Waals surface area contributed by atoms with Crippen LogP contribution in [0.15, 0.2) is 66.7 Å². The Labute approximate surface area is 237 Å². The summed E-state index contributed by atoms with van der Waals surface area (Å²) in [6.07, 6.45) is 5.72. The highest BCUT2D eigenvalue weighted by Gasteiger charge is 2.30. The Morgan fingerprint density at radius 1 is 1.03 bits per heavy atom. The fourth-order valence-electron chi connectivity index (χ4n) is 4.65. The minimum absolute atomic E-state index is 0. The van der Waals surface area contributed by atoms with Gasteiger partial charge in [-0.2, -0.15) is 0 Å². The topological polar surface area (TPSA) is 38.3 Å². The molecule has 2 aromatic carbocycles. The van der Waals surface area contributed by atoms with Crippen LogP contribution in [-0.4, -0.2) is 43.7 Å². The van der Waals surface area contributed by atoms with Gasteiger partial charge in [0.2, 0.25) is 5.91 Å². The van der Waals surface area contributed by atoms with E-state index in [-0.39, 0.29) is 29.9 Å². The van der Waals surface area contributed by atoms with Crippen molar-refractivity contribution in [3.05, 3.63) is 82.7 Å². The number of anilines is 1. The van der Waals surface area contributed by atoms with Crippen LogP contribution in [0.3, 0.4) is 0 Å². The lowest BCUT2D eigenvalue weighted by Gasteiger charge is -2.40. The molecule has 2 heterocycles. The maximum Gasteiger partial charge on any atom is 0.248 e. The van der Waals surface area contributed by atoms with E-state index in [0.717, 1.165) is 47.6 Å². The molecular weight excluding hydrogens is 579 g/mol. The number of nitrogens with one attached hydrogen (secondary N) is 1. The number of quaternary nitrogens is 1. The Kier molecular flexibility index (Phi) is 10.3. The lowest BCUT2D eigenvalue weighted by molar-refractivity contribution is -0.929. The van der Waals surface area contributed by atoms with Crippen LogP contribution in [0.2, 0.25) is 0 Å². The zero-order chi connectivity index (χ0) is 24.8. The number of rotatable bonds is 8. The molecule has 6 heteroatoms. The van der Waals surface area contributed by atoms with Crippen molar-refractivity contribution in [2.24, 2.45) is 0 Å². The monoisotopic (exact) mass is 616 g/mol. The fraction of sp³-hybridized carbons (Fsp3) is 0.367. The van der Waals surface area contributed by atoms with E-state index in [1.807, 2.05) is 18.2 Å². The number of amides is 1. The third-order valence-corrected chi connectivity index (χ3v) is 7.98. The summed E-state index contributed by atoms with van der Waals surface area (Å²) in [7, 11) is 4.60. The molecule has 0 bridgehead atoms. The molecule has 0 radical (unpaired) electrons. The van der Waals surface area contributed by atoms with Gasteiger partial charge in [0.25, 0.3) is 0 Å². The number of carbonyl (C=O) groups is 1. The first-order chi connectivity index (χ1) is 16.8. The van der Waals surface area contributed by atoms with Crippen molar-refractivity contribution in [1.82, 2.24) is 0 Å². The van der Waals surface area contributed by atoms with Crippen LogP contribution in [0.1, 0.15) is 48.6 Å². The summed E-state index contributed by atoms with van der Waals surface area (Å²) in [5.41, 5.74) is 4.65. The number of hydrogen-bond acceptors (Lipinski definition) is 3. The van der Waals surface area contributed by atoms with Gasteiger partial charge < -0.3 is 38.5 Å².